The monoisotopic (exact) mass is 601 g/mol. The molecule has 0 unspecified atom stereocenters. The molecule has 0 N–H and O–H groups in total. The molecule has 1 saturated carbocycles. The van der Waals surface area contributed by atoms with Crippen molar-refractivity contribution in [1.82, 2.24) is 4.90 Å². The van der Waals surface area contributed by atoms with Crippen LogP contribution in [0.15, 0.2) is 66.0 Å². The number of hydrogen-bond donors (Lipinski definition) is 0. The van der Waals surface area contributed by atoms with Crippen LogP contribution in [0.2, 0.25) is 16.6 Å². The van der Waals surface area contributed by atoms with Crippen LogP contribution in [0.3, 0.4) is 0 Å². The molecular formula is C38H55NO3Si. The predicted octanol–water partition coefficient (Wildman–Crippen LogP) is 10.3. The third kappa shape index (κ3) is 6.43. The molecular weight excluding hydrogens is 547 g/mol. The highest BCUT2D eigenvalue weighted by molar-refractivity contribution is 6.93. The Balaban J connectivity index is 1.78. The van der Waals surface area contributed by atoms with Crippen molar-refractivity contribution < 1.29 is 14.3 Å². The van der Waals surface area contributed by atoms with E-state index < -0.39 is 8.07 Å². The number of ether oxygens (including phenoxy) is 1. The molecule has 1 heterocycles. The molecule has 4 nitrogen and oxygen atoms in total. The number of ketones is 1. The predicted molar refractivity (Wildman–Crippen MR) is 181 cm³/mol. The van der Waals surface area contributed by atoms with Crippen LogP contribution < -0.4 is 0 Å². The number of carbonyl (C=O) groups is 2. The summed E-state index contributed by atoms with van der Waals surface area (Å²) in [7, 11) is -2.31. The fraction of sp³-hybridized carbons (Fsp3) is 0.579. The molecule has 2 aromatic carbocycles. The minimum absolute atomic E-state index is 0.142. The van der Waals surface area contributed by atoms with Crippen molar-refractivity contribution >= 4 is 20.0 Å². The van der Waals surface area contributed by atoms with Crippen molar-refractivity contribution in [2.24, 2.45) is 11.8 Å². The van der Waals surface area contributed by atoms with E-state index in [4.69, 9.17) is 4.74 Å². The molecule has 1 amide bonds. The SMILES string of the molecule is Cc1ccc([C@@H]2CC(=O)C([Si](C(C)C)(C(C)C)C(C)C)=CN2C(=O)O[C@@H]2C[C@H](C)CC[C@H]2C(C)(C)c2ccccc2)cc1. The van der Waals surface area contributed by atoms with Crippen LogP contribution >= 0.6 is 0 Å². The maximum atomic E-state index is 14.5. The first-order chi connectivity index (χ1) is 20.2. The van der Waals surface area contributed by atoms with Crippen molar-refractivity contribution in [3.63, 3.8) is 0 Å². The van der Waals surface area contributed by atoms with E-state index in [9.17, 15) is 9.59 Å². The molecule has 0 aromatic heterocycles. The number of rotatable bonds is 8. The molecule has 0 saturated heterocycles. The van der Waals surface area contributed by atoms with Gasteiger partial charge in [0, 0.05) is 18.5 Å². The lowest BCUT2D eigenvalue weighted by Crippen LogP contribution is -2.52. The van der Waals surface area contributed by atoms with E-state index in [-0.39, 0.29) is 35.4 Å². The summed E-state index contributed by atoms with van der Waals surface area (Å²) >= 11 is 0. The lowest BCUT2D eigenvalue weighted by molar-refractivity contribution is -0.116. The summed E-state index contributed by atoms with van der Waals surface area (Å²) in [6.07, 6.45) is 4.75. The van der Waals surface area contributed by atoms with Crippen LogP contribution in [-0.4, -0.2) is 31.0 Å². The number of nitrogens with zero attached hydrogens (tertiary/aromatic N) is 1. The van der Waals surface area contributed by atoms with E-state index in [0.717, 1.165) is 35.6 Å². The Morgan fingerprint density at radius 2 is 1.49 bits per heavy atom. The molecule has 2 aromatic rings. The maximum Gasteiger partial charge on any atom is 0.414 e. The fourth-order valence-corrected chi connectivity index (χ4v) is 15.6. The topological polar surface area (TPSA) is 46.6 Å². The van der Waals surface area contributed by atoms with E-state index in [1.807, 2.05) is 11.1 Å². The number of carbonyl (C=O) groups excluding carboxylic acids is 2. The first kappa shape index (κ1) is 33.2. The Morgan fingerprint density at radius 3 is 2.05 bits per heavy atom. The van der Waals surface area contributed by atoms with Crippen LogP contribution in [-0.2, 0) is 14.9 Å². The standard InChI is InChI=1S/C38H55NO3Si/c1-25(2)43(26(3)4,27(5)6)36-24-39(33(23-34(36)40)30-19-16-28(7)17-20-30)37(41)42-35-22-29(8)18-21-32(35)38(9,10)31-14-12-11-13-15-31/h11-17,19-20,24-27,29,32-33,35H,18,21-23H2,1-10H3/t29-,32-,33+,35-/m1/s1. The number of aryl methyl sites for hydroxylation is 1. The van der Waals surface area contributed by atoms with E-state index in [0.29, 0.717) is 29.0 Å². The van der Waals surface area contributed by atoms with Gasteiger partial charge < -0.3 is 4.74 Å². The highest BCUT2D eigenvalue weighted by Crippen LogP contribution is 2.50. The van der Waals surface area contributed by atoms with Gasteiger partial charge in [-0.1, -0.05) is 129 Å². The summed E-state index contributed by atoms with van der Waals surface area (Å²) in [5, 5.41) is 0.908. The number of allylic oxidation sites excluding steroid dienone is 1. The Hall–Kier alpha value is -2.66. The van der Waals surface area contributed by atoms with Gasteiger partial charge in [0.05, 0.1) is 6.04 Å². The number of benzene rings is 2. The molecule has 0 spiro atoms. The van der Waals surface area contributed by atoms with Crippen molar-refractivity contribution in [1.29, 1.82) is 0 Å². The van der Waals surface area contributed by atoms with E-state index in [1.165, 1.54) is 5.56 Å². The van der Waals surface area contributed by atoms with Crippen LogP contribution in [0.5, 0.6) is 0 Å². The summed E-state index contributed by atoms with van der Waals surface area (Å²) in [5.74, 6) is 0.899. The smallest absolute Gasteiger partial charge is 0.414 e. The molecule has 2 aliphatic rings. The second kappa shape index (κ2) is 13.1. The van der Waals surface area contributed by atoms with Crippen molar-refractivity contribution in [2.75, 3.05) is 0 Å². The van der Waals surface area contributed by atoms with Gasteiger partial charge in [-0.3, -0.25) is 9.69 Å². The third-order valence-electron chi connectivity index (χ3n) is 11.0. The Morgan fingerprint density at radius 1 is 0.907 bits per heavy atom. The van der Waals surface area contributed by atoms with Gasteiger partial charge in [-0.15, -0.1) is 0 Å². The van der Waals surface area contributed by atoms with Gasteiger partial charge >= 0.3 is 6.09 Å². The molecule has 5 heteroatoms. The molecule has 43 heavy (non-hydrogen) atoms. The van der Waals surface area contributed by atoms with Gasteiger partial charge in [-0.25, -0.2) is 4.79 Å². The zero-order valence-electron chi connectivity index (χ0n) is 28.3. The average Bonchev–Trinajstić information content (AvgIpc) is 2.94. The molecule has 1 aliphatic heterocycles. The van der Waals surface area contributed by atoms with Crippen molar-refractivity contribution in [3.05, 3.63) is 82.7 Å². The first-order valence-electron chi connectivity index (χ1n) is 16.6. The van der Waals surface area contributed by atoms with Gasteiger partial charge in [-0.05, 0) is 64.0 Å². The second-order valence-corrected chi connectivity index (χ2v) is 20.8. The second-order valence-electron chi connectivity index (χ2n) is 14.9. The largest absolute Gasteiger partial charge is 0.446 e. The van der Waals surface area contributed by atoms with Gasteiger partial charge in [0.25, 0.3) is 0 Å². The Labute approximate surface area is 262 Å². The van der Waals surface area contributed by atoms with E-state index in [2.05, 4.69) is 124 Å². The minimum Gasteiger partial charge on any atom is -0.446 e. The maximum absolute atomic E-state index is 14.5. The molecule has 4 rings (SSSR count). The van der Waals surface area contributed by atoms with Crippen LogP contribution in [0.1, 0.15) is 111 Å². The Bertz CT molecular complexity index is 1270. The normalized spacial score (nSPS) is 23.6. The van der Waals surface area contributed by atoms with Gasteiger partial charge in [-0.2, -0.15) is 0 Å². The van der Waals surface area contributed by atoms with Gasteiger partial charge in [0.15, 0.2) is 5.78 Å². The lowest BCUT2D eigenvalue weighted by Gasteiger charge is -2.48. The lowest BCUT2D eigenvalue weighted by atomic mass is 9.64. The average molecular weight is 602 g/mol. The molecule has 0 bridgehead atoms. The fourth-order valence-electron chi connectivity index (χ4n) is 8.77. The molecule has 4 atom stereocenters. The van der Waals surface area contributed by atoms with Crippen molar-refractivity contribution in [3.8, 4) is 0 Å². The molecule has 1 aliphatic carbocycles. The van der Waals surface area contributed by atoms with Crippen LogP contribution in [0, 0.1) is 18.8 Å². The summed E-state index contributed by atoms with van der Waals surface area (Å²) in [6.45, 7) is 22.6. The Kier molecular flexibility index (Phi) is 10.2. The number of Topliss-reactive ketones (excluding diaryl/α,β-unsaturated/α-hetero) is 1. The summed E-state index contributed by atoms with van der Waals surface area (Å²) in [6, 6.07) is 18.5. The summed E-state index contributed by atoms with van der Waals surface area (Å²) < 4.78 is 6.62. The first-order valence-corrected chi connectivity index (χ1v) is 18.8. The summed E-state index contributed by atoms with van der Waals surface area (Å²) in [4.78, 5) is 30.4. The number of amides is 1. The quantitative estimate of drug-likeness (QED) is 0.283. The van der Waals surface area contributed by atoms with E-state index in [1.54, 1.807) is 0 Å². The zero-order chi connectivity index (χ0) is 31.7. The number of hydrogen-bond acceptors (Lipinski definition) is 3. The van der Waals surface area contributed by atoms with Gasteiger partial charge in [0.2, 0.25) is 0 Å². The van der Waals surface area contributed by atoms with Gasteiger partial charge in [0.1, 0.15) is 14.2 Å². The highest BCUT2D eigenvalue weighted by atomic mass is 28.3. The zero-order valence-corrected chi connectivity index (χ0v) is 29.3. The van der Waals surface area contributed by atoms with Crippen LogP contribution in [0.4, 0.5) is 4.79 Å². The molecule has 0 radical (unpaired) electrons. The van der Waals surface area contributed by atoms with Crippen molar-refractivity contribution in [2.45, 2.75) is 129 Å². The van der Waals surface area contributed by atoms with E-state index >= 15 is 0 Å². The summed E-state index contributed by atoms with van der Waals surface area (Å²) in [5.41, 5.74) is 4.38. The molecule has 234 valence electrons. The molecule has 1 fully saturated rings. The third-order valence-corrected chi connectivity index (χ3v) is 18.1. The highest BCUT2D eigenvalue weighted by Gasteiger charge is 2.51. The minimum atomic E-state index is -2.31. The van der Waals surface area contributed by atoms with Crippen LogP contribution in [0.25, 0.3) is 0 Å².